The molecule has 1 aromatic heterocycles. The molecule has 1 saturated carbocycles. The summed E-state index contributed by atoms with van der Waals surface area (Å²) in [6.45, 7) is 9.56. The van der Waals surface area contributed by atoms with E-state index in [9.17, 15) is 0 Å². The van der Waals surface area contributed by atoms with E-state index in [1.807, 2.05) is 0 Å². The van der Waals surface area contributed by atoms with Crippen LogP contribution in [0.1, 0.15) is 56.4 Å². The maximum absolute atomic E-state index is 4.22. The number of H-pyrrole nitrogens is 1. The van der Waals surface area contributed by atoms with Crippen molar-refractivity contribution in [2.75, 3.05) is 32.5 Å². The second-order valence-electron chi connectivity index (χ2n) is 12.7. The summed E-state index contributed by atoms with van der Waals surface area (Å²) in [4.78, 5) is 6.75. The number of allylic oxidation sites excluding steroid dienone is 1. The lowest BCUT2D eigenvalue weighted by atomic mass is 9.59. The molecule has 2 fully saturated rings. The van der Waals surface area contributed by atoms with Gasteiger partial charge in [0.15, 0.2) is 0 Å². The first kappa shape index (κ1) is 22.6. The van der Waals surface area contributed by atoms with Crippen LogP contribution in [0.4, 0.5) is 5.69 Å². The Hall–Kier alpha value is -2.56. The van der Waals surface area contributed by atoms with E-state index in [2.05, 4.69) is 110 Å². The standard InChI is InChI=1S/C32H40N4/c1-20-18-24-27(30(2,3)19-20)28(29-22(14-16-33-4)21-10-6-8-12-25(21)34-29)31-15-17-36(5)32(24,31)35-26-13-9-7-11-23(26)31/h6-13,18,24,27-28,33-35H,14-17,19H2,1-5H3. The van der Waals surface area contributed by atoms with E-state index < -0.39 is 0 Å². The van der Waals surface area contributed by atoms with Gasteiger partial charge in [-0.1, -0.05) is 61.9 Å². The van der Waals surface area contributed by atoms with Crippen LogP contribution < -0.4 is 10.6 Å². The zero-order valence-corrected chi connectivity index (χ0v) is 22.4. The molecule has 3 heterocycles. The fraction of sp³-hybridized carbons (Fsp3) is 0.500. The second kappa shape index (κ2) is 7.49. The first-order chi connectivity index (χ1) is 17.3. The average molecular weight is 481 g/mol. The third-order valence-electron chi connectivity index (χ3n) is 10.5. The van der Waals surface area contributed by atoms with E-state index in [0.29, 0.717) is 17.8 Å². The van der Waals surface area contributed by atoms with Crippen molar-refractivity contribution in [3.8, 4) is 0 Å². The number of benzene rings is 2. The number of hydrogen-bond donors (Lipinski definition) is 3. The Balaban J connectivity index is 1.57. The van der Waals surface area contributed by atoms with Gasteiger partial charge < -0.3 is 15.6 Å². The molecule has 0 bridgehead atoms. The van der Waals surface area contributed by atoms with Gasteiger partial charge in [0.25, 0.3) is 0 Å². The molecule has 5 unspecified atom stereocenters. The number of aromatic amines is 1. The lowest BCUT2D eigenvalue weighted by Crippen LogP contribution is -2.59. The molecular formula is C32H40N4. The van der Waals surface area contributed by atoms with Crippen LogP contribution in [-0.2, 0) is 11.8 Å². The molecule has 4 aliphatic rings. The number of likely N-dealkylation sites (N-methyl/N-ethyl adjacent to an activating group) is 2. The van der Waals surface area contributed by atoms with Crippen molar-refractivity contribution in [1.82, 2.24) is 15.2 Å². The first-order valence-corrected chi connectivity index (χ1v) is 13.9. The van der Waals surface area contributed by atoms with Crippen molar-refractivity contribution >= 4 is 16.6 Å². The monoisotopic (exact) mass is 480 g/mol. The van der Waals surface area contributed by atoms with Crippen LogP contribution in [0.15, 0.2) is 60.2 Å². The van der Waals surface area contributed by atoms with Gasteiger partial charge in [0, 0.05) is 46.1 Å². The van der Waals surface area contributed by atoms with Crippen molar-refractivity contribution in [1.29, 1.82) is 0 Å². The van der Waals surface area contributed by atoms with Gasteiger partial charge in [-0.05, 0) is 81.4 Å². The van der Waals surface area contributed by atoms with Gasteiger partial charge in [-0.3, -0.25) is 4.90 Å². The number of rotatable bonds is 4. The van der Waals surface area contributed by atoms with Gasteiger partial charge in [-0.15, -0.1) is 0 Å². The smallest absolute Gasteiger partial charge is 0.108 e. The Morgan fingerprint density at radius 1 is 1.08 bits per heavy atom. The van der Waals surface area contributed by atoms with Gasteiger partial charge in [0.05, 0.1) is 0 Å². The summed E-state index contributed by atoms with van der Waals surface area (Å²) in [6.07, 6.45) is 6.08. The van der Waals surface area contributed by atoms with Crippen molar-refractivity contribution in [3.63, 3.8) is 0 Å². The molecular weight excluding hydrogens is 440 g/mol. The normalized spacial score (nSPS) is 34.1. The average Bonchev–Trinajstić information content (AvgIpc) is 3.51. The summed E-state index contributed by atoms with van der Waals surface area (Å²) in [5, 5.41) is 9.06. The summed E-state index contributed by atoms with van der Waals surface area (Å²) in [5.41, 5.74) is 8.89. The first-order valence-electron chi connectivity index (χ1n) is 13.9. The molecule has 4 heteroatoms. The lowest BCUT2D eigenvalue weighted by molar-refractivity contribution is 0.0869. The third kappa shape index (κ3) is 2.57. The Morgan fingerprint density at radius 2 is 1.86 bits per heavy atom. The van der Waals surface area contributed by atoms with Crippen molar-refractivity contribution in [2.45, 2.75) is 57.0 Å². The highest BCUT2D eigenvalue weighted by Gasteiger charge is 2.78. The van der Waals surface area contributed by atoms with Gasteiger partial charge in [-0.25, -0.2) is 0 Å². The third-order valence-corrected chi connectivity index (χ3v) is 10.5. The molecule has 0 radical (unpaired) electrons. The number of anilines is 1. The highest BCUT2D eigenvalue weighted by molar-refractivity contribution is 5.85. The van der Waals surface area contributed by atoms with Crippen LogP contribution in [0.3, 0.4) is 0 Å². The van der Waals surface area contributed by atoms with E-state index in [1.165, 1.54) is 46.3 Å². The minimum Gasteiger partial charge on any atom is -0.366 e. The highest BCUT2D eigenvalue weighted by atomic mass is 15.4. The van der Waals surface area contributed by atoms with Crippen molar-refractivity contribution in [2.24, 2.45) is 17.3 Å². The maximum Gasteiger partial charge on any atom is 0.108 e. The predicted molar refractivity (Wildman–Crippen MR) is 150 cm³/mol. The molecule has 3 N–H and O–H groups in total. The van der Waals surface area contributed by atoms with E-state index >= 15 is 0 Å². The molecule has 2 aromatic carbocycles. The van der Waals surface area contributed by atoms with E-state index in [-0.39, 0.29) is 16.5 Å². The van der Waals surface area contributed by atoms with E-state index in [0.717, 1.165) is 19.5 Å². The number of nitrogens with one attached hydrogen (secondary N) is 3. The van der Waals surface area contributed by atoms with Crippen LogP contribution in [0.25, 0.3) is 10.9 Å². The molecule has 0 spiro atoms. The van der Waals surface area contributed by atoms with Crippen molar-refractivity contribution in [3.05, 3.63) is 77.0 Å². The van der Waals surface area contributed by atoms with Crippen LogP contribution in [0, 0.1) is 17.3 Å². The SMILES string of the molecule is CNCCc1c(C2C3C(C=C(C)CC3(C)C)C34Nc5ccccc5C23CCN4C)[nH]c2ccccc12. The van der Waals surface area contributed by atoms with Crippen molar-refractivity contribution < 1.29 is 0 Å². The summed E-state index contributed by atoms with van der Waals surface area (Å²) >= 11 is 0. The quantitative estimate of drug-likeness (QED) is 0.400. The summed E-state index contributed by atoms with van der Waals surface area (Å²) in [5.74, 6) is 1.42. The fourth-order valence-electron chi connectivity index (χ4n) is 9.55. The Morgan fingerprint density at radius 3 is 2.69 bits per heavy atom. The number of aromatic nitrogens is 1. The van der Waals surface area contributed by atoms with Crippen LogP contribution >= 0.6 is 0 Å². The molecule has 2 aliphatic carbocycles. The predicted octanol–water partition coefficient (Wildman–Crippen LogP) is 6.03. The number of para-hydroxylation sites is 2. The Labute approximate surface area is 215 Å². The topological polar surface area (TPSA) is 43.1 Å². The number of likely N-dealkylation sites (tertiary alicyclic amines) is 1. The zero-order valence-electron chi connectivity index (χ0n) is 22.4. The van der Waals surface area contributed by atoms with Gasteiger partial charge in [0.1, 0.15) is 5.66 Å². The Kier molecular flexibility index (Phi) is 4.71. The molecule has 36 heavy (non-hydrogen) atoms. The second-order valence-corrected chi connectivity index (χ2v) is 12.7. The highest BCUT2D eigenvalue weighted by Crippen LogP contribution is 2.75. The summed E-state index contributed by atoms with van der Waals surface area (Å²) < 4.78 is 0. The number of hydrogen-bond acceptors (Lipinski definition) is 3. The van der Waals surface area contributed by atoms with Gasteiger partial charge in [-0.2, -0.15) is 0 Å². The molecule has 2 aliphatic heterocycles. The van der Waals surface area contributed by atoms with E-state index in [4.69, 9.17) is 0 Å². The zero-order chi connectivity index (χ0) is 24.9. The minimum absolute atomic E-state index is 0.0291. The molecule has 0 amide bonds. The minimum atomic E-state index is -0.0947. The number of nitrogens with zero attached hydrogens (tertiary/aromatic N) is 1. The maximum atomic E-state index is 4.22. The molecule has 4 nitrogen and oxygen atoms in total. The number of fused-ring (bicyclic) bond motifs is 3. The van der Waals surface area contributed by atoms with E-state index in [1.54, 1.807) is 5.57 Å². The Bertz CT molecular complexity index is 1380. The molecule has 1 saturated heterocycles. The van der Waals surface area contributed by atoms with Gasteiger partial charge in [0.2, 0.25) is 0 Å². The molecule has 188 valence electrons. The van der Waals surface area contributed by atoms with Gasteiger partial charge >= 0.3 is 0 Å². The summed E-state index contributed by atoms with van der Waals surface area (Å²) in [7, 11) is 4.45. The molecule has 3 aromatic rings. The summed E-state index contributed by atoms with van der Waals surface area (Å²) in [6, 6.07) is 18.2. The largest absolute Gasteiger partial charge is 0.366 e. The lowest BCUT2D eigenvalue weighted by Gasteiger charge is -2.47. The van der Waals surface area contributed by atoms with Crippen LogP contribution in [0.2, 0.25) is 0 Å². The molecule has 5 atom stereocenters. The fourth-order valence-corrected chi connectivity index (χ4v) is 9.55. The van der Waals surface area contributed by atoms with Crippen LogP contribution in [0.5, 0.6) is 0 Å². The van der Waals surface area contributed by atoms with Crippen LogP contribution in [-0.4, -0.2) is 42.7 Å². The molecule has 7 rings (SSSR count).